The van der Waals surface area contributed by atoms with Gasteiger partial charge in [0, 0.05) is 38.1 Å². The second-order valence-corrected chi connectivity index (χ2v) is 9.63. The fraction of sp³-hybridized carbons (Fsp3) is 0.481. The molecule has 1 aliphatic heterocycles. The molecular weight excluding hydrogens is 444 g/mol. The second-order valence-electron chi connectivity index (χ2n) is 9.63. The van der Waals surface area contributed by atoms with Gasteiger partial charge in [0.25, 0.3) is 5.91 Å². The number of hydrogen-bond donors (Lipinski definition) is 1. The van der Waals surface area contributed by atoms with Crippen molar-refractivity contribution in [1.82, 2.24) is 19.8 Å². The van der Waals surface area contributed by atoms with Crippen molar-refractivity contribution in [1.29, 1.82) is 0 Å². The highest BCUT2D eigenvalue weighted by atomic mass is 16.5. The molecule has 0 bridgehead atoms. The molecule has 2 amide bonds. The van der Waals surface area contributed by atoms with Gasteiger partial charge >= 0.3 is 0 Å². The first-order chi connectivity index (χ1) is 16.9. The quantitative estimate of drug-likeness (QED) is 0.657. The molecule has 3 heterocycles. The molecule has 0 fully saturated rings. The van der Waals surface area contributed by atoms with Crippen molar-refractivity contribution >= 4 is 17.4 Å². The van der Waals surface area contributed by atoms with Crippen LogP contribution in [0.15, 0.2) is 42.9 Å². The maximum Gasteiger partial charge on any atom is 0.259 e. The zero-order valence-electron chi connectivity index (χ0n) is 20.7. The molecule has 186 valence electrons. The monoisotopic (exact) mass is 478 g/mol. The Morgan fingerprint density at radius 2 is 2.11 bits per heavy atom. The SMILES string of the molecule is C[C@H]1CN([C@@H](C)CO)C(=O)c2cc(C3=CCCC3)cnc2O[C@H]1CN(C)C(=O)Cc1ccncc1. The van der Waals surface area contributed by atoms with Gasteiger partial charge in [-0.15, -0.1) is 0 Å². The lowest BCUT2D eigenvalue weighted by molar-refractivity contribution is -0.130. The van der Waals surface area contributed by atoms with Crippen LogP contribution in [0.1, 0.15) is 54.6 Å². The minimum absolute atomic E-state index is 0.0255. The maximum atomic E-state index is 13.5. The molecule has 0 unspecified atom stereocenters. The summed E-state index contributed by atoms with van der Waals surface area (Å²) in [4.78, 5) is 38.4. The van der Waals surface area contributed by atoms with Gasteiger partial charge in [0.05, 0.1) is 25.6 Å². The number of ether oxygens (including phenoxy) is 1. The summed E-state index contributed by atoms with van der Waals surface area (Å²) in [7, 11) is 1.77. The van der Waals surface area contributed by atoms with Crippen molar-refractivity contribution in [3.63, 3.8) is 0 Å². The molecule has 35 heavy (non-hydrogen) atoms. The van der Waals surface area contributed by atoms with Crippen LogP contribution in [0.2, 0.25) is 0 Å². The molecule has 0 radical (unpaired) electrons. The number of amides is 2. The van der Waals surface area contributed by atoms with E-state index in [-0.39, 0.29) is 48.8 Å². The zero-order valence-corrected chi connectivity index (χ0v) is 20.7. The first-order valence-electron chi connectivity index (χ1n) is 12.3. The lowest BCUT2D eigenvalue weighted by Crippen LogP contribution is -2.50. The summed E-state index contributed by atoms with van der Waals surface area (Å²) in [5.41, 5.74) is 3.43. The van der Waals surface area contributed by atoms with Crippen LogP contribution < -0.4 is 4.74 Å². The molecule has 1 N–H and O–H groups in total. The van der Waals surface area contributed by atoms with E-state index in [1.807, 2.05) is 32.0 Å². The van der Waals surface area contributed by atoms with Gasteiger partial charge in [-0.3, -0.25) is 14.6 Å². The number of carbonyl (C=O) groups excluding carboxylic acids is 2. The molecule has 2 aromatic rings. The van der Waals surface area contributed by atoms with Crippen molar-refractivity contribution in [2.24, 2.45) is 5.92 Å². The molecule has 0 spiro atoms. The summed E-state index contributed by atoms with van der Waals surface area (Å²) >= 11 is 0. The Labute approximate surface area is 206 Å². The molecule has 0 saturated heterocycles. The van der Waals surface area contributed by atoms with Crippen molar-refractivity contribution in [2.45, 2.75) is 51.7 Å². The van der Waals surface area contributed by atoms with Crippen molar-refractivity contribution < 1.29 is 19.4 Å². The maximum absolute atomic E-state index is 13.5. The lowest BCUT2D eigenvalue weighted by atomic mass is 9.99. The van der Waals surface area contributed by atoms with Gasteiger partial charge in [0.2, 0.25) is 11.8 Å². The highest BCUT2D eigenvalue weighted by molar-refractivity contribution is 5.97. The first-order valence-corrected chi connectivity index (χ1v) is 12.3. The Kier molecular flexibility index (Phi) is 7.80. The smallest absolute Gasteiger partial charge is 0.259 e. The Bertz CT molecular complexity index is 1090. The molecule has 2 aliphatic rings. The van der Waals surface area contributed by atoms with Crippen LogP contribution in [-0.2, 0) is 11.2 Å². The predicted octanol–water partition coefficient (Wildman–Crippen LogP) is 2.97. The van der Waals surface area contributed by atoms with Crippen molar-refractivity contribution in [3.8, 4) is 5.88 Å². The number of hydrogen-bond acceptors (Lipinski definition) is 6. The number of rotatable bonds is 7. The second kappa shape index (κ2) is 11.0. The van der Waals surface area contributed by atoms with Gasteiger partial charge < -0.3 is 19.6 Å². The summed E-state index contributed by atoms with van der Waals surface area (Å²) in [6, 6.07) is 5.18. The average molecular weight is 479 g/mol. The topological polar surface area (TPSA) is 95.9 Å². The van der Waals surface area contributed by atoms with Gasteiger partial charge in [-0.05, 0) is 61.1 Å². The number of fused-ring (bicyclic) bond motifs is 1. The van der Waals surface area contributed by atoms with E-state index >= 15 is 0 Å². The number of nitrogens with zero attached hydrogens (tertiary/aromatic N) is 4. The van der Waals surface area contributed by atoms with E-state index in [4.69, 9.17) is 4.74 Å². The molecule has 1 aliphatic carbocycles. The van der Waals surface area contributed by atoms with E-state index in [1.54, 1.807) is 35.4 Å². The number of pyridine rings is 2. The zero-order chi connectivity index (χ0) is 24.9. The van der Waals surface area contributed by atoms with E-state index in [2.05, 4.69) is 16.0 Å². The van der Waals surface area contributed by atoms with Crippen LogP contribution in [0.4, 0.5) is 0 Å². The van der Waals surface area contributed by atoms with E-state index in [0.29, 0.717) is 18.7 Å². The van der Waals surface area contributed by atoms with Gasteiger partial charge in [0.1, 0.15) is 11.7 Å². The van der Waals surface area contributed by atoms with E-state index in [1.165, 1.54) is 5.57 Å². The van der Waals surface area contributed by atoms with E-state index in [0.717, 1.165) is 30.4 Å². The number of aromatic nitrogens is 2. The third-order valence-corrected chi connectivity index (χ3v) is 6.92. The van der Waals surface area contributed by atoms with Crippen LogP contribution in [0.25, 0.3) is 5.57 Å². The summed E-state index contributed by atoms with van der Waals surface area (Å²) in [6.07, 6.45) is 10.3. The molecule has 0 aromatic carbocycles. The molecular formula is C27H34N4O4. The summed E-state index contributed by atoms with van der Waals surface area (Å²) in [5.74, 6) is -0.0281. The molecule has 0 saturated carbocycles. The van der Waals surface area contributed by atoms with E-state index in [9.17, 15) is 14.7 Å². The van der Waals surface area contributed by atoms with Crippen LogP contribution in [0.5, 0.6) is 5.88 Å². The van der Waals surface area contributed by atoms with Crippen LogP contribution >= 0.6 is 0 Å². The number of likely N-dealkylation sites (N-methyl/N-ethyl adjacent to an activating group) is 1. The third kappa shape index (κ3) is 5.70. The largest absolute Gasteiger partial charge is 0.472 e. The lowest BCUT2D eigenvalue weighted by Gasteiger charge is -2.37. The number of carbonyl (C=O) groups is 2. The van der Waals surface area contributed by atoms with Gasteiger partial charge in [-0.25, -0.2) is 4.98 Å². The Balaban J connectivity index is 1.60. The first kappa shape index (κ1) is 24.9. The number of aliphatic hydroxyl groups is 1. The van der Waals surface area contributed by atoms with Gasteiger partial charge in [-0.1, -0.05) is 13.0 Å². The van der Waals surface area contributed by atoms with Crippen LogP contribution in [0, 0.1) is 5.92 Å². The summed E-state index contributed by atoms with van der Waals surface area (Å²) in [5, 5.41) is 9.85. The van der Waals surface area contributed by atoms with Crippen molar-refractivity contribution in [3.05, 3.63) is 59.6 Å². The minimum atomic E-state index is -0.370. The molecule has 4 rings (SSSR count). The van der Waals surface area contributed by atoms with E-state index < -0.39 is 0 Å². The predicted molar refractivity (Wildman–Crippen MR) is 133 cm³/mol. The molecule has 3 atom stereocenters. The minimum Gasteiger partial charge on any atom is -0.472 e. The highest BCUT2D eigenvalue weighted by Gasteiger charge is 2.35. The highest BCUT2D eigenvalue weighted by Crippen LogP contribution is 2.32. The third-order valence-electron chi connectivity index (χ3n) is 6.92. The fourth-order valence-electron chi connectivity index (χ4n) is 4.61. The normalized spacial score (nSPS) is 20.9. The van der Waals surface area contributed by atoms with Gasteiger partial charge in [0.15, 0.2) is 0 Å². The standard InChI is InChI=1S/C27H34N4O4/c1-18-15-31(19(2)17-32)27(34)23-13-22(21-6-4-5-7-21)14-29-26(23)35-24(18)16-30(3)25(33)12-20-8-10-28-11-9-20/h6,8-11,13-14,18-19,24,32H,4-5,7,12,15-17H2,1-3H3/t18-,19-,24-/m0/s1. The van der Waals surface area contributed by atoms with Gasteiger partial charge in [-0.2, -0.15) is 0 Å². The van der Waals surface area contributed by atoms with Crippen LogP contribution in [0.3, 0.4) is 0 Å². The van der Waals surface area contributed by atoms with Crippen molar-refractivity contribution in [2.75, 3.05) is 26.7 Å². The average Bonchev–Trinajstić information content (AvgIpc) is 3.41. The molecule has 2 aromatic heterocycles. The van der Waals surface area contributed by atoms with Crippen LogP contribution in [-0.4, -0.2) is 75.6 Å². The Morgan fingerprint density at radius 3 is 2.80 bits per heavy atom. The summed E-state index contributed by atoms with van der Waals surface area (Å²) in [6.45, 7) is 4.46. The fourth-order valence-corrected chi connectivity index (χ4v) is 4.61. The molecule has 8 nitrogen and oxygen atoms in total. The molecule has 8 heteroatoms. The Hall–Kier alpha value is -3.26. The number of aliphatic hydroxyl groups excluding tert-OH is 1. The number of allylic oxidation sites excluding steroid dienone is 2. The summed E-state index contributed by atoms with van der Waals surface area (Å²) < 4.78 is 6.33. The Morgan fingerprint density at radius 1 is 1.34 bits per heavy atom.